The van der Waals surface area contributed by atoms with Crippen LogP contribution in [-0.2, 0) is 0 Å². The summed E-state index contributed by atoms with van der Waals surface area (Å²) in [5, 5.41) is 0. The fourth-order valence-corrected chi connectivity index (χ4v) is 1.99. The fourth-order valence-electron chi connectivity index (χ4n) is 1.99. The standard InChI is InChI=1S/C17H20N2.C6H14/c1-12(2)19(5)17-10-15(8-6-13(17)3)16-9-7-14(4)18-11-16;1-5-6(2,3)4/h6-11H,1H2,2-5H3;5H2,1-4H3. The Kier molecular flexibility index (Phi) is 7.41. The SMILES string of the molecule is C=C(C)N(C)c1cc(-c2ccc(C)nc2)ccc1C.CCC(C)(C)C. The second kappa shape index (κ2) is 8.84. The van der Waals surface area contributed by atoms with Gasteiger partial charge in [-0.15, -0.1) is 0 Å². The van der Waals surface area contributed by atoms with Crippen LogP contribution in [0.25, 0.3) is 11.1 Å². The van der Waals surface area contributed by atoms with Crippen LogP contribution >= 0.6 is 0 Å². The molecule has 0 radical (unpaired) electrons. The fraction of sp³-hybridized carbons (Fsp3) is 0.435. The van der Waals surface area contributed by atoms with E-state index in [0.29, 0.717) is 5.41 Å². The summed E-state index contributed by atoms with van der Waals surface area (Å²) in [7, 11) is 2.04. The lowest BCUT2D eigenvalue weighted by Crippen LogP contribution is -2.14. The topological polar surface area (TPSA) is 16.1 Å². The van der Waals surface area contributed by atoms with E-state index in [4.69, 9.17) is 0 Å². The van der Waals surface area contributed by atoms with E-state index in [9.17, 15) is 0 Å². The molecule has 0 amide bonds. The maximum atomic E-state index is 4.36. The molecule has 0 fully saturated rings. The molecule has 2 rings (SSSR count). The third-order valence-electron chi connectivity index (χ3n) is 4.45. The molecule has 0 aliphatic heterocycles. The first-order valence-corrected chi connectivity index (χ1v) is 8.98. The van der Waals surface area contributed by atoms with Crippen LogP contribution in [-0.4, -0.2) is 12.0 Å². The molecule has 0 aliphatic rings. The van der Waals surface area contributed by atoms with E-state index in [-0.39, 0.29) is 0 Å². The van der Waals surface area contributed by atoms with Gasteiger partial charge in [0.25, 0.3) is 0 Å². The molecule has 0 saturated heterocycles. The molecule has 1 aromatic carbocycles. The lowest BCUT2D eigenvalue weighted by molar-refractivity contribution is 0.398. The zero-order valence-electron chi connectivity index (χ0n) is 17.3. The van der Waals surface area contributed by atoms with Crippen molar-refractivity contribution < 1.29 is 0 Å². The van der Waals surface area contributed by atoms with Crippen LogP contribution in [0.2, 0.25) is 0 Å². The van der Waals surface area contributed by atoms with E-state index in [1.54, 1.807) is 0 Å². The highest BCUT2D eigenvalue weighted by Gasteiger charge is 2.07. The second-order valence-electron chi connectivity index (χ2n) is 7.90. The molecule has 2 aromatic rings. The number of allylic oxidation sites excluding steroid dienone is 1. The Hall–Kier alpha value is -2.09. The highest BCUT2D eigenvalue weighted by molar-refractivity contribution is 5.71. The first-order chi connectivity index (χ1) is 11.5. The molecule has 136 valence electrons. The van der Waals surface area contributed by atoms with Gasteiger partial charge in [0.2, 0.25) is 0 Å². The van der Waals surface area contributed by atoms with E-state index >= 15 is 0 Å². The number of anilines is 1. The Morgan fingerprint density at radius 1 is 1.08 bits per heavy atom. The Balaban J connectivity index is 0.000000450. The molecule has 0 bridgehead atoms. The second-order valence-corrected chi connectivity index (χ2v) is 7.90. The number of pyridine rings is 1. The molecule has 1 aromatic heterocycles. The van der Waals surface area contributed by atoms with Gasteiger partial charge >= 0.3 is 0 Å². The van der Waals surface area contributed by atoms with Crippen molar-refractivity contribution in [3.05, 3.63) is 60.1 Å². The molecule has 0 spiro atoms. The van der Waals surface area contributed by atoms with Crippen LogP contribution in [0.4, 0.5) is 5.69 Å². The first kappa shape index (κ1) is 21.0. The van der Waals surface area contributed by atoms with Crippen molar-refractivity contribution in [2.75, 3.05) is 11.9 Å². The molecule has 2 heteroatoms. The first-order valence-electron chi connectivity index (χ1n) is 8.98. The minimum Gasteiger partial charge on any atom is -0.349 e. The monoisotopic (exact) mass is 338 g/mol. The third-order valence-corrected chi connectivity index (χ3v) is 4.45. The zero-order valence-corrected chi connectivity index (χ0v) is 17.3. The summed E-state index contributed by atoms with van der Waals surface area (Å²) in [6.45, 7) is 19.1. The summed E-state index contributed by atoms with van der Waals surface area (Å²) in [4.78, 5) is 6.47. The molecule has 0 unspecified atom stereocenters. The van der Waals surface area contributed by atoms with Crippen molar-refractivity contribution >= 4 is 5.69 Å². The van der Waals surface area contributed by atoms with Crippen LogP contribution in [0, 0.1) is 19.3 Å². The van der Waals surface area contributed by atoms with Crippen LogP contribution in [0.3, 0.4) is 0 Å². The van der Waals surface area contributed by atoms with Gasteiger partial charge in [0, 0.05) is 35.9 Å². The normalized spacial score (nSPS) is 10.7. The van der Waals surface area contributed by atoms with Crippen LogP contribution < -0.4 is 4.90 Å². The van der Waals surface area contributed by atoms with E-state index < -0.39 is 0 Å². The van der Waals surface area contributed by atoms with Gasteiger partial charge in [-0.25, -0.2) is 0 Å². The summed E-state index contributed by atoms with van der Waals surface area (Å²) < 4.78 is 0. The lowest BCUT2D eigenvalue weighted by Gasteiger charge is -2.22. The number of aromatic nitrogens is 1. The summed E-state index contributed by atoms with van der Waals surface area (Å²) in [5.41, 5.74) is 7.36. The van der Waals surface area contributed by atoms with Gasteiger partial charge in [-0.2, -0.15) is 0 Å². The summed E-state index contributed by atoms with van der Waals surface area (Å²) >= 11 is 0. The summed E-state index contributed by atoms with van der Waals surface area (Å²) in [6, 6.07) is 10.6. The van der Waals surface area contributed by atoms with E-state index in [2.05, 4.69) is 75.3 Å². The Bertz CT molecular complexity index is 691. The average molecular weight is 339 g/mol. The van der Waals surface area contributed by atoms with Gasteiger partial charge in [0.1, 0.15) is 0 Å². The molecular formula is C23H34N2. The number of rotatable bonds is 3. The van der Waals surface area contributed by atoms with Crippen molar-refractivity contribution in [2.45, 2.75) is 54.9 Å². The predicted molar refractivity (Wildman–Crippen MR) is 112 cm³/mol. The van der Waals surface area contributed by atoms with Crippen LogP contribution in [0.5, 0.6) is 0 Å². The quantitative estimate of drug-likeness (QED) is 0.613. The molecule has 2 nitrogen and oxygen atoms in total. The van der Waals surface area contributed by atoms with E-state index in [1.807, 2.05) is 33.2 Å². The average Bonchev–Trinajstić information content (AvgIpc) is 2.55. The van der Waals surface area contributed by atoms with Crippen molar-refractivity contribution in [3.8, 4) is 11.1 Å². The minimum atomic E-state index is 0.542. The summed E-state index contributed by atoms with van der Waals surface area (Å²) in [6.07, 6.45) is 3.19. The number of benzene rings is 1. The molecule has 0 saturated carbocycles. The largest absolute Gasteiger partial charge is 0.349 e. The van der Waals surface area contributed by atoms with Crippen molar-refractivity contribution in [1.29, 1.82) is 0 Å². The lowest BCUT2D eigenvalue weighted by atomic mass is 9.94. The molecule has 0 aliphatic carbocycles. The van der Waals surface area contributed by atoms with Gasteiger partial charge in [-0.05, 0) is 49.4 Å². The Labute approximate surface area is 154 Å². The van der Waals surface area contributed by atoms with E-state index in [0.717, 1.165) is 17.0 Å². The van der Waals surface area contributed by atoms with Crippen molar-refractivity contribution in [1.82, 2.24) is 4.98 Å². The Morgan fingerprint density at radius 3 is 2.08 bits per heavy atom. The number of hydrogen-bond acceptors (Lipinski definition) is 2. The van der Waals surface area contributed by atoms with Gasteiger partial charge in [-0.3, -0.25) is 4.98 Å². The molecule has 0 atom stereocenters. The smallest absolute Gasteiger partial charge is 0.0441 e. The van der Waals surface area contributed by atoms with Gasteiger partial charge in [-0.1, -0.05) is 58.9 Å². The highest BCUT2D eigenvalue weighted by atomic mass is 15.1. The highest BCUT2D eigenvalue weighted by Crippen LogP contribution is 2.28. The number of aryl methyl sites for hydroxylation is 2. The maximum absolute atomic E-state index is 4.36. The predicted octanol–water partition coefficient (Wildman–Crippen LogP) is 6.78. The maximum Gasteiger partial charge on any atom is 0.0441 e. The summed E-state index contributed by atoms with van der Waals surface area (Å²) in [5.74, 6) is 0. The van der Waals surface area contributed by atoms with E-state index in [1.165, 1.54) is 23.2 Å². The Morgan fingerprint density at radius 2 is 1.64 bits per heavy atom. The number of nitrogens with zero attached hydrogens (tertiary/aromatic N) is 2. The van der Waals surface area contributed by atoms with Crippen LogP contribution in [0.1, 0.15) is 52.3 Å². The third kappa shape index (κ3) is 6.74. The van der Waals surface area contributed by atoms with Gasteiger partial charge in [0.05, 0.1) is 0 Å². The van der Waals surface area contributed by atoms with Crippen molar-refractivity contribution in [3.63, 3.8) is 0 Å². The molecule has 25 heavy (non-hydrogen) atoms. The number of hydrogen-bond donors (Lipinski definition) is 0. The van der Waals surface area contributed by atoms with Crippen molar-refractivity contribution in [2.24, 2.45) is 5.41 Å². The minimum absolute atomic E-state index is 0.542. The van der Waals surface area contributed by atoms with Crippen LogP contribution in [0.15, 0.2) is 48.8 Å². The molecule has 0 N–H and O–H groups in total. The molecular weight excluding hydrogens is 304 g/mol. The zero-order chi connectivity index (χ0) is 19.2. The van der Waals surface area contributed by atoms with Gasteiger partial charge in [0.15, 0.2) is 0 Å². The van der Waals surface area contributed by atoms with Gasteiger partial charge < -0.3 is 4.90 Å². The molecule has 1 heterocycles.